The minimum absolute atomic E-state index is 0.0996. The summed E-state index contributed by atoms with van der Waals surface area (Å²) in [7, 11) is 1.23. The number of carbonyl (C=O) groups is 1. The molecule has 0 N–H and O–H groups in total. The fourth-order valence-corrected chi connectivity index (χ4v) is 2.95. The Kier molecular flexibility index (Phi) is 4.49. The Morgan fingerprint density at radius 3 is 2.68 bits per heavy atom. The van der Waals surface area contributed by atoms with E-state index >= 15 is 0 Å². The molecule has 0 atom stereocenters. The number of carbonyl (C=O) groups excluding carboxylic acids is 1. The van der Waals surface area contributed by atoms with Gasteiger partial charge in [0.25, 0.3) is 0 Å². The zero-order valence-electron chi connectivity index (χ0n) is 12.7. The normalized spacial score (nSPS) is 11.4. The van der Waals surface area contributed by atoms with Crippen LogP contribution in [0.3, 0.4) is 0 Å². The quantitative estimate of drug-likeness (QED) is 0.655. The Morgan fingerprint density at radius 1 is 1.28 bits per heavy atom. The first-order chi connectivity index (χ1) is 11.9. The molecule has 0 bridgehead atoms. The van der Waals surface area contributed by atoms with Crippen molar-refractivity contribution in [3.8, 4) is 21.8 Å². The molecule has 3 heterocycles. The molecule has 0 spiro atoms. The summed E-state index contributed by atoms with van der Waals surface area (Å²) < 4.78 is 43.1. The van der Waals surface area contributed by atoms with Gasteiger partial charge in [0.1, 0.15) is 10.7 Å². The molecular formula is C16H10F3N3O2S. The number of thiazole rings is 1. The maximum Gasteiger partial charge on any atom is 0.434 e. The largest absolute Gasteiger partial charge is 0.465 e. The van der Waals surface area contributed by atoms with E-state index in [-0.39, 0.29) is 16.3 Å². The summed E-state index contributed by atoms with van der Waals surface area (Å²) in [5.41, 5.74) is 0.473. The number of esters is 1. The molecule has 0 unspecified atom stereocenters. The molecule has 0 saturated heterocycles. The summed E-state index contributed by atoms with van der Waals surface area (Å²) >= 11 is 0.828. The molecule has 3 rings (SSSR count). The summed E-state index contributed by atoms with van der Waals surface area (Å²) in [6, 6.07) is 4.89. The lowest BCUT2D eigenvalue weighted by Gasteiger charge is -2.09. The maximum atomic E-state index is 12.8. The number of ether oxygens (including phenoxy) is 1. The van der Waals surface area contributed by atoms with Gasteiger partial charge in [-0.15, -0.1) is 11.3 Å². The summed E-state index contributed by atoms with van der Waals surface area (Å²) in [5.74, 6) is -0.598. The number of methoxy groups -OCH3 is 1. The Bertz CT molecular complexity index is 910. The third-order valence-corrected chi connectivity index (χ3v) is 4.13. The zero-order valence-corrected chi connectivity index (χ0v) is 13.6. The van der Waals surface area contributed by atoms with Gasteiger partial charge in [-0.25, -0.2) is 9.78 Å². The highest BCUT2D eigenvalue weighted by Crippen LogP contribution is 2.36. The van der Waals surface area contributed by atoms with Gasteiger partial charge in [0.05, 0.1) is 12.7 Å². The van der Waals surface area contributed by atoms with Gasteiger partial charge in [-0.2, -0.15) is 13.2 Å². The summed E-state index contributed by atoms with van der Waals surface area (Å²) in [4.78, 5) is 23.5. The van der Waals surface area contributed by atoms with Crippen LogP contribution in [0.15, 0.2) is 42.2 Å². The number of nitrogens with zero attached hydrogens (tertiary/aromatic N) is 3. The van der Waals surface area contributed by atoms with Gasteiger partial charge in [0.2, 0.25) is 0 Å². The second kappa shape index (κ2) is 6.60. The smallest absolute Gasteiger partial charge is 0.434 e. The second-order valence-electron chi connectivity index (χ2n) is 4.89. The Balaban J connectivity index is 2.16. The zero-order chi connectivity index (χ0) is 18.0. The van der Waals surface area contributed by atoms with Crippen molar-refractivity contribution in [2.75, 3.05) is 7.11 Å². The van der Waals surface area contributed by atoms with E-state index in [0.717, 1.165) is 16.7 Å². The van der Waals surface area contributed by atoms with Crippen molar-refractivity contribution in [3.05, 3.63) is 53.4 Å². The monoisotopic (exact) mass is 365 g/mol. The van der Waals surface area contributed by atoms with Gasteiger partial charge in [-0.1, -0.05) is 6.07 Å². The molecule has 0 radical (unpaired) electrons. The molecule has 0 fully saturated rings. The predicted molar refractivity (Wildman–Crippen MR) is 84.9 cm³/mol. The van der Waals surface area contributed by atoms with Crippen LogP contribution >= 0.6 is 11.3 Å². The molecule has 9 heteroatoms. The molecule has 0 aliphatic carbocycles. The van der Waals surface area contributed by atoms with Crippen LogP contribution < -0.4 is 0 Å². The molecule has 0 amide bonds. The third kappa shape index (κ3) is 3.50. The van der Waals surface area contributed by atoms with Crippen molar-refractivity contribution in [1.29, 1.82) is 0 Å². The number of aromatic nitrogens is 3. The molecule has 25 heavy (non-hydrogen) atoms. The summed E-state index contributed by atoms with van der Waals surface area (Å²) in [6.07, 6.45) is -0.198. The minimum atomic E-state index is -4.53. The topological polar surface area (TPSA) is 65.0 Å². The van der Waals surface area contributed by atoms with Crippen molar-refractivity contribution >= 4 is 17.3 Å². The van der Waals surface area contributed by atoms with Gasteiger partial charge < -0.3 is 4.74 Å². The van der Waals surface area contributed by atoms with Crippen LogP contribution in [0, 0.1) is 0 Å². The second-order valence-corrected chi connectivity index (χ2v) is 5.75. The molecule has 0 saturated carbocycles. The van der Waals surface area contributed by atoms with E-state index in [1.165, 1.54) is 25.6 Å². The van der Waals surface area contributed by atoms with Gasteiger partial charge in [0.15, 0.2) is 5.69 Å². The van der Waals surface area contributed by atoms with Crippen molar-refractivity contribution in [2.45, 2.75) is 6.18 Å². The molecular weight excluding hydrogens is 355 g/mol. The van der Waals surface area contributed by atoms with Crippen LogP contribution in [0.25, 0.3) is 21.8 Å². The molecule has 128 valence electrons. The molecule has 3 aromatic heterocycles. The summed E-state index contributed by atoms with van der Waals surface area (Å²) in [6.45, 7) is 0. The number of alkyl halides is 3. The van der Waals surface area contributed by atoms with Gasteiger partial charge in [-0.05, 0) is 12.1 Å². The van der Waals surface area contributed by atoms with Gasteiger partial charge in [-0.3, -0.25) is 9.97 Å². The van der Waals surface area contributed by atoms with Crippen molar-refractivity contribution in [3.63, 3.8) is 0 Å². The Hall–Kier alpha value is -2.81. The lowest BCUT2D eigenvalue weighted by atomic mass is 10.0. The van der Waals surface area contributed by atoms with Crippen molar-refractivity contribution < 1.29 is 22.7 Å². The van der Waals surface area contributed by atoms with Gasteiger partial charge >= 0.3 is 12.1 Å². The fraction of sp³-hybridized carbons (Fsp3) is 0.125. The van der Waals surface area contributed by atoms with Crippen LogP contribution in [0.5, 0.6) is 0 Å². The van der Waals surface area contributed by atoms with E-state index in [2.05, 4.69) is 19.7 Å². The third-order valence-electron chi connectivity index (χ3n) is 3.28. The Labute approximate surface area is 144 Å². The lowest BCUT2D eigenvalue weighted by Crippen LogP contribution is -2.05. The first kappa shape index (κ1) is 17.0. The van der Waals surface area contributed by atoms with Gasteiger partial charge in [0, 0.05) is 35.1 Å². The molecule has 3 aromatic rings. The molecule has 0 aromatic carbocycles. The SMILES string of the molecule is COC(=O)c1cnc(-c2nc(C(F)(F)F)cs2)c(-c2cccnc2)c1. The van der Waals surface area contributed by atoms with E-state index in [1.807, 2.05) is 0 Å². The Morgan fingerprint density at radius 2 is 2.08 bits per heavy atom. The minimum Gasteiger partial charge on any atom is -0.465 e. The van der Waals surface area contributed by atoms with Crippen LogP contribution in [-0.4, -0.2) is 28.0 Å². The van der Waals surface area contributed by atoms with Crippen LogP contribution in [0.4, 0.5) is 13.2 Å². The van der Waals surface area contributed by atoms with Crippen molar-refractivity contribution in [2.24, 2.45) is 0 Å². The lowest BCUT2D eigenvalue weighted by molar-refractivity contribution is -0.140. The average Bonchev–Trinajstić information content (AvgIpc) is 3.11. The fourth-order valence-electron chi connectivity index (χ4n) is 2.12. The first-order valence-corrected chi connectivity index (χ1v) is 7.80. The highest BCUT2D eigenvalue weighted by Gasteiger charge is 2.34. The standard InChI is InChI=1S/C16H10F3N3O2S/c1-24-15(23)10-5-11(9-3-2-4-20-6-9)13(21-7-10)14-22-12(8-25-14)16(17,18)19/h2-8H,1H3. The maximum absolute atomic E-state index is 12.8. The van der Waals surface area contributed by atoms with Crippen LogP contribution in [0.2, 0.25) is 0 Å². The molecule has 0 aliphatic heterocycles. The number of halogens is 3. The molecule has 0 aliphatic rings. The van der Waals surface area contributed by atoms with Crippen molar-refractivity contribution in [1.82, 2.24) is 15.0 Å². The first-order valence-electron chi connectivity index (χ1n) is 6.92. The molecule has 5 nitrogen and oxygen atoms in total. The average molecular weight is 365 g/mol. The number of rotatable bonds is 3. The number of hydrogen-bond donors (Lipinski definition) is 0. The van der Waals surface area contributed by atoms with E-state index in [9.17, 15) is 18.0 Å². The highest BCUT2D eigenvalue weighted by atomic mass is 32.1. The van der Waals surface area contributed by atoms with E-state index < -0.39 is 17.8 Å². The predicted octanol–water partition coefficient (Wildman–Crippen LogP) is 4.07. The van der Waals surface area contributed by atoms with E-state index in [1.54, 1.807) is 18.3 Å². The number of hydrogen-bond acceptors (Lipinski definition) is 6. The van der Waals surface area contributed by atoms with Crippen LogP contribution in [0.1, 0.15) is 16.1 Å². The van der Waals surface area contributed by atoms with E-state index in [4.69, 9.17) is 0 Å². The summed E-state index contributed by atoms with van der Waals surface area (Å²) in [5, 5.41) is 1.03. The van der Waals surface area contributed by atoms with Crippen LogP contribution in [-0.2, 0) is 10.9 Å². The number of pyridine rings is 2. The highest BCUT2D eigenvalue weighted by molar-refractivity contribution is 7.13. The van der Waals surface area contributed by atoms with E-state index in [0.29, 0.717) is 11.1 Å².